The summed E-state index contributed by atoms with van der Waals surface area (Å²) in [4.78, 5) is 11.6. The van der Waals surface area contributed by atoms with Crippen molar-refractivity contribution in [1.82, 2.24) is 0 Å². The molecule has 1 rings (SSSR count). The second-order valence-corrected chi connectivity index (χ2v) is 4.96. The Hall–Kier alpha value is -1.17. The molecule has 106 valence electrons. The molecule has 6 heteroatoms. The number of methoxy groups -OCH3 is 1. The smallest absolute Gasteiger partial charge is 0.328 e. The first-order chi connectivity index (χ1) is 8.99. The van der Waals surface area contributed by atoms with Crippen LogP contribution < -0.4 is 5.32 Å². The van der Waals surface area contributed by atoms with Crippen molar-refractivity contribution in [1.29, 1.82) is 0 Å². The van der Waals surface area contributed by atoms with Crippen LogP contribution in [0.25, 0.3) is 0 Å². The van der Waals surface area contributed by atoms with Crippen molar-refractivity contribution in [3.8, 4) is 0 Å². The summed E-state index contributed by atoms with van der Waals surface area (Å²) >= 11 is 2.90. The number of hydrogen-bond acceptors (Lipinski definition) is 3. The number of rotatable bonds is 6. The molecule has 0 bridgehead atoms. The summed E-state index contributed by atoms with van der Waals surface area (Å²) in [6.45, 7) is 1.98. The summed E-state index contributed by atoms with van der Waals surface area (Å²) in [6.07, 6.45) is 2.18. The molecule has 1 N–H and O–H groups in total. The Morgan fingerprint density at radius 3 is 2.68 bits per heavy atom. The standard InChI is InChI=1S/C13H16BrF2NO2/c1-3-4-5-11(13(18)19-2)17-12-7-9(15)8(14)6-10(12)16/h6-7,11,17H,3-5H2,1-2H3. The number of anilines is 1. The lowest BCUT2D eigenvalue weighted by atomic mass is 10.1. The Bertz CT molecular complexity index is 455. The van der Waals surface area contributed by atoms with Gasteiger partial charge in [-0.1, -0.05) is 19.8 Å². The zero-order chi connectivity index (χ0) is 14.4. The van der Waals surface area contributed by atoms with Crippen LogP contribution in [-0.2, 0) is 9.53 Å². The molecule has 1 aromatic carbocycles. The van der Waals surface area contributed by atoms with E-state index in [4.69, 9.17) is 0 Å². The fourth-order valence-corrected chi connectivity index (χ4v) is 1.94. The summed E-state index contributed by atoms with van der Waals surface area (Å²) in [7, 11) is 1.27. The quantitative estimate of drug-likeness (QED) is 0.633. The average molecular weight is 336 g/mol. The summed E-state index contributed by atoms with van der Waals surface area (Å²) in [5, 5.41) is 2.69. The van der Waals surface area contributed by atoms with Gasteiger partial charge in [-0.05, 0) is 28.4 Å². The predicted octanol–water partition coefficient (Wildman–Crippen LogP) is 3.87. The van der Waals surface area contributed by atoms with Gasteiger partial charge in [0.05, 0.1) is 17.3 Å². The number of halogens is 3. The normalized spacial score (nSPS) is 12.1. The Morgan fingerprint density at radius 2 is 2.11 bits per heavy atom. The van der Waals surface area contributed by atoms with E-state index in [2.05, 4.69) is 26.0 Å². The number of hydrogen-bond donors (Lipinski definition) is 1. The minimum atomic E-state index is -0.681. The molecule has 0 amide bonds. The maximum atomic E-state index is 13.7. The highest BCUT2D eigenvalue weighted by molar-refractivity contribution is 9.10. The highest BCUT2D eigenvalue weighted by Crippen LogP contribution is 2.24. The Kier molecular flexibility index (Phi) is 6.21. The van der Waals surface area contributed by atoms with Crippen LogP contribution in [-0.4, -0.2) is 19.1 Å². The molecular weight excluding hydrogens is 320 g/mol. The van der Waals surface area contributed by atoms with E-state index in [0.717, 1.165) is 25.0 Å². The number of carbonyl (C=O) groups is 1. The highest BCUT2D eigenvalue weighted by Gasteiger charge is 2.20. The topological polar surface area (TPSA) is 38.3 Å². The van der Waals surface area contributed by atoms with Gasteiger partial charge in [-0.25, -0.2) is 13.6 Å². The van der Waals surface area contributed by atoms with Gasteiger partial charge in [0.1, 0.15) is 17.7 Å². The van der Waals surface area contributed by atoms with E-state index in [-0.39, 0.29) is 10.2 Å². The van der Waals surface area contributed by atoms with Crippen molar-refractivity contribution in [2.24, 2.45) is 0 Å². The third-order valence-corrected chi connectivity index (χ3v) is 3.28. The third-order valence-electron chi connectivity index (χ3n) is 2.67. The van der Waals surface area contributed by atoms with E-state index in [1.165, 1.54) is 7.11 Å². The lowest BCUT2D eigenvalue weighted by Gasteiger charge is -2.18. The number of ether oxygens (including phenoxy) is 1. The molecule has 1 atom stereocenters. The van der Waals surface area contributed by atoms with Gasteiger partial charge in [0.25, 0.3) is 0 Å². The van der Waals surface area contributed by atoms with E-state index in [0.29, 0.717) is 6.42 Å². The molecule has 0 aliphatic heterocycles. The van der Waals surface area contributed by atoms with Crippen LogP contribution in [0.5, 0.6) is 0 Å². The molecule has 19 heavy (non-hydrogen) atoms. The number of benzene rings is 1. The molecule has 0 saturated heterocycles. The highest BCUT2D eigenvalue weighted by atomic mass is 79.9. The van der Waals surface area contributed by atoms with Crippen molar-refractivity contribution in [2.75, 3.05) is 12.4 Å². The fraction of sp³-hybridized carbons (Fsp3) is 0.462. The minimum absolute atomic E-state index is 0.0405. The molecule has 1 aromatic rings. The van der Waals surface area contributed by atoms with E-state index in [1.54, 1.807) is 0 Å². The second kappa shape index (κ2) is 7.43. The number of unbranched alkanes of at least 4 members (excludes halogenated alkanes) is 1. The predicted molar refractivity (Wildman–Crippen MR) is 73.0 cm³/mol. The summed E-state index contributed by atoms with van der Waals surface area (Å²) in [5.74, 6) is -1.71. The second-order valence-electron chi connectivity index (χ2n) is 4.11. The van der Waals surface area contributed by atoms with Gasteiger partial charge < -0.3 is 10.1 Å². The molecule has 0 spiro atoms. The molecule has 0 saturated carbocycles. The number of esters is 1. The fourth-order valence-electron chi connectivity index (χ4n) is 1.62. The van der Waals surface area contributed by atoms with Crippen molar-refractivity contribution < 1.29 is 18.3 Å². The van der Waals surface area contributed by atoms with E-state index in [1.807, 2.05) is 6.92 Å². The lowest BCUT2D eigenvalue weighted by Crippen LogP contribution is -2.31. The van der Waals surface area contributed by atoms with Gasteiger partial charge in [-0.15, -0.1) is 0 Å². The molecule has 0 aliphatic rings. The van der Waals surface area contributed by atoms with Crippen molar-refractivity contribution in [2.45, 2.75) is 32.2 Å². The first-order valence-corrected chi connectivity index (χ1v) is 6.77. The van der Waals surface area contributed by atoms with Crippen LogP contribution in [0.15, 0.2) is 16.6 Å². The van der Waals surface area contributed by atoms with Gasteiger partial charge in [-0.3, -0.25) is 0 Å². The van der Waals surface area contributed by atoms with Gasteiger partial charge in [0.2, 0.25) is 0 Å². The largest absolute Gasteiger partial charge is 0.467 e. The SMILES string of the molecule is CCCCC(Nc1cc(F)c(Br)cc1F)C(=O)OC. The minimum Gasteiger partial charge on any atom is -0.467 e. The van der Waals surface area contributed by atoms with Gasteiger partial charge >= 0.3 is 5.97 Å². The van der Waals surface area contributed by atoms with E-state index in [9.17, 15) is 13.6 Å². The number of nitrogens with one attached hydrogen (secondary N) is 1. The van der Waals surface area contributed by atoms with Gasteiger partial charge in [0, 0.05) is 6.07 Å². The molecule has 0 aromatic heterocycles. The average Bonchev–Trinajstić information content (AvgIpc) is 2.39. The molecule has 0 fully saturated rings. The molecule has 0 aliphatic carbocycles. The molecule has 3 nitrogen and oxygen atoms in total. The van der Waals surface area contributed by atoms with Gasteiger partial charge in [-0.2, -0.15) is 0 Å². The van der Waals surface area contributed by atoms with Crippen LogP contribution in [0.3, 0.4) is 0 Å². The van der Waals surface area contributed by atoms with Crippen LogP contribution in [0.2, 0.25) is 0 Å². The maximum absolute atomic E-state index is 13.7. The van der Waals surface area contributed by atoms with Crippen LogP contribution in [0.1, 0.15) is 26.2 Å². The summed E-state index contributed by atoms with van der Waals surface area (Å²) in [5.41, 5.74) is -0.0489. The first-order valence-electron chi connectivity index (χ1n) is 5.98. The van der Waals surface area contributed by atoms with Crippen LogP contribution in [0.4, 0.5) is 14.5 Å². The Balaban J connectivity index is 2.89. The molecule has 0 heterocycles. The monoisotopic (exact) mass is 335 g/mol. The van der Waals surface area contributed by atoms with Crippen LogP contribution in [0, 0.1) is 11.6 Å². The summed E-state index contributed by atoms with van der Waals surface area (Å²) in [6, 6.07) is 1.35. The molecule has 1 unspecified atom stereocenters. The third kappa shape index (κ3) is 4.45. The van der Waals surface area contributed by atoms with Crippen molar-refractivity contribution in [3.63, 3.8) is 0 Å². The van der Waals surface area contributed by atoms with Gasteiger partial charge in [0.15, 0.2) is 0 Å². The maximum Gasteiger partial charge on any atom is 0.328 e. The van der Waals surface area contributed by atoms with Crippen molar-refractivity contribution in [3.05, 3.63) is 28.2 Å². The molecule has 0 radical (unpaired) electrons. The Labute approximate surface area is 119 Å². The zero-order valence-electron chi connectivity index (χ0n) is 10.8. The zero-order valence-corrected chi connectivity index (χ0v) is 12.4. The summed E-state index contributed by atoms with van der Waals surface area (Å²) < 4.78 is 31.7. The lowest BCUT2D eigenvalue weighted by molar-refractivity contribution is -0.141. The van der Waals surface area contributed by atoms with Crippen LogP contribution >= 0.6 is 15.9 Å². The van der Waals surface area contributed by atoms with E-state index < -0.39 is 23.6 Å². The van der Waals surface area contributed by atoms with E-state index >= 15 is 0 Å². The molecular formula is C13H16BrF2NO2. The Morgan fingerprint density at radius 1 is 1.42 bits per heavy atom. The first kappa shape index (κ1) is 15.9. The number of carbonyl (C=O) groups excluding carboxylic acids is 1. The van der Waals surface area contributed by atoms with Crippen molar-refractivity contribution >= 4 is 27.6 Å².